The lowest BCUT2D eigenvalue weighted by Gasteiger charge is -2.34. The Hall–Kier alpha value is -1.23. The predicted molar refractivity (Wildman–Crippen MR) is 60.6 cm³/mol. The van der Waals surface area contributed by atoms with Crippen LogP contribution in [0.4, 0.5) is 18.9 Å². The molecule has 0 saturated carbocycles. The highest BCUT2D eigenvalue weighted by molar-refractivity contribution is 5.49. The van der Waals surface area contributed by atoms with Crippen LogP contribution in [0.1, 0.15) is 12.8 Å². The van der Waals surface area contributed by atoms with Gasteiger partial charge in [-0.25, -0.2) is 13.2 Å². The van der Waals surface area contributed by atoms with Gasteiger partial charge >= 0.3 is 0 Å². The van der Waals surface area contributed by atoms with E-state index in [0.29, 0.717) is 19.2 Å². The van der Waals surface area contributed by atoms with Crippen LogP contribution >= 0.6 is 0 Å². The number of halogens is 3. The van der Waals surface area contributed by atoms with Crippen LogP contribution < -0.4 is 10.2 Å². The van der Waals surface area contributed by atoms with E-state index in [2.05, 4.69) is 5.32 Å². The zero-order valence-electron chi connectivity index (χ0n) is 9.64. The zero-order chi connectivity index (χ0) is 12.4. The molecule has 0 aliphatic carbocycles. The summed E-state index contributed by atoms with van der Waals surface area (Å²) in [7, 11) is 1.84. The molecule has 94 valence electrons. The first-order valence-electron chi connectivity index (χ1n) is 5.68. The van der Waals surface area contributed by atoms with Crippen LogP contribution in [0.3, 0.4) is 0 Å². The molecule has 1 saturated heterocycles. The Bertz CT molecular complexity index is 409. The van der Waals surface area contributed by atoms with Crippen molar-refractivity contribution in [3.8, 4) is 0 Å². The molecule has 0 amide bonds. The van der Waals surface area contributed by atoms with Crippen molar-refractivity contribution in [3.05, 3.63) is 29.6 Å². The highest BCUT2D eigenvalue weighted by Gasteiger charge is 2.22. The van der Waals surface area contributed by atoms with Gasteiger partial charge in [-0.05, 0) is 19.9 Å². The summed E-state index contributed by atoms with van der Waals surface area (Å²) in [5.74, 6) is -2.86. The van der Waals surface area contributed by atoms with E-state index in [1.165, 1.54) is 0 Å². The van der Waals surface area contributed by atoms with E-state index < -0.39 is 17.5 Å². The Morgan fingerprint density at radius 3 is 2.59 bits per heavy atom. The lowest BCUT2D eigenvalue weighted by molar-refractivity contribution is 0.441. The second-order valence-electron chi connectivity index (χ2n) is 4.29. The highest BCUT2D eigenvalue weighted by atomic mass is 19.2. The summed E-state index contributed by atoms with van der Waals surface area (Å²) < 4.78 is 39.5. The van der Waals surface area contributed by atoms with E-state index >= 15 is 0 Å². The molecule has 1 aromatic carbocycles. The Labute approximate surface area is 98.4 Å². The standard InChI is InChI=1S/C12H15F3N2/c1-16-8-3-2-4-17(7-8)12-6-10(14)9(13)5-11(12)15/h5-6,8,16H,2-4,7H2,1H3. The van der Waals surface area contributed by atoms with E-state index in [4.69, 9.17) is 0 Å². The Morgan fingerprint density at radius 2 is 1.88 bits per heavy atom. The molecule has 1 aliphatic heterocycles. The minimum Gasteiger partial charge on any atom is -0.368 e. The van der Waals surface area contributed by atoms with Crippen molar-refractivity contribution in [1.29, 1.82) is 0 Å². The van der Waals surface area contributed by atoms with E-state index in [1.54, 1.807) is 4.90 Å². The van der Waals surface area contributed by atoms with E-state index in [-0.39, 0.29) is 11.7 Å². The molecule has 17 heavy (non-hydrogen) atoms. The molecule has 0 aromatic heterocycles. The van der Waals surface area contributed by atoms with Crippen LogP contribution in [0, 0.1) is 17.5 Å². The largest absolute Gasteiger partial charge is 0.368 e. The third kappa shape index (κ3) is 2.54. The average molecular weight is 244 g/mol. The number of likely N-dealkylation sites (N-methyl/N-ethyl adjacent to an activating group) is 1. The minimum absolute atomic E-state index is 0.142. The first-order valence-corrected chi connectivity index (χ1v) is 5.68. The molecule has 0 radical (unpaired) electrons. The summed E-state index contributed by atoms with van der Waals surface area (Å²) in [6, 6.07) is 1.80. The summed E-state index contributed by atoms with van der Waals surface area (Å²) >= 11 is 0. The fourth-order valence-corrected chi connectivity index (χ4v) is 2.19. The monoisotopic (exact) mass is 244 g/mol. The lowest BCUT2D eigenvalue weighted by atomic mass is 10.0. The second kappa shape index (κ2) is 4.96. The molecule has 1 N–H and O–H groups in total. The first-order chi connectivity index (χ1) is 8.11. The molecule has 0 bridgehead atoms. The van der Waals surface area contributed by atoms with Crippen molar-refractivity contribution in [2.45, 2.75) is 18.9 Å². The van der Waals surface area contributed by atoms with Gasteiger partial charge in [0.25, 0.3) is 0 Å². The van der Waals surface area contributed by atoms with Gasteiger partial charge in [0.2, 0.25) is 0 Å². The Balaban J connectivity index is 2.24. The molecule has 1 aromatic rings. The van der Waals surface area contributed by atoms with Crippen molar-refractivity contribution in [2.24, 2.45) is 0 Å². The molecular weight excluding hydrogens is 229 g/mol. The van der Waals surface area contributed by atoms with Gasteiger partial charge in [0.05, 0.1) is 5.69 Å². The Kier molecular flexibility index (Phi) is 3.57. The summed E-state index contributed by atoms with van der Waals surface area (Å²) in [5, 5.41) is 3.12. The number of hydrogen-bond acceptors (Lipinski definition) is 2. The molecule has 0 spiro atoms. The number of rotatable bonds is 2. The van der Waals surface area contributed by atoms with Crippen LogP contribution in [0.25, 0.3) is 0 Å². The van der Waals surface area contributed by atoms with Crippen LogP contribution in [0.5, 0.6) is 0 Å². The summed E-state index contributed by atoms with van der Waals surface area (Å²) in [5.41, 5.74) is 0.142. The molecule has 1 unspecified atom stereocenters. The van der Waals surface area contributed by atoms with Gasteiger partial charge in [0.1, 0.15) is 5.82 Å². The molecule has 2 rings (SSSR count). The highest BCUT2D eigenvalue weighted by Crippen LogP contribution is 2.25. The SMILES string of the molecule is CNC1CCCN(c2cc(F)c(F)cc2F)C1. The maximum atomic E-state index is 13.6. The molecule has 1 fully saturated rings. The third-order valence-corrected chi connectivity index (χ3v) is 3.16. The number of benzene rings is 1. The third-order valence-electron chi connectivity index (χ3n) is 3.16. The van der Waals surface area contributed by atoms with E-state index in [9.17, 15) is 13.2 Å². The van der Waals surface area contributed by atoms with Gasteiger partial charge in [-0.1, -0.05) is 0 Å². The summed E-state index contributed by atoms with van der Waals surface area (Å²) in [4.78, 5) is 1.75. The van der Waals surface area contributed by atoms with Crippen molar-refractivity contribution < 1.29 is 13.2 Å². The van der Waals surface area contributed by atoms with Gasteiger partial charge in [-0.15, -0.1) is 0 Å². The van der Waals surface area contributed by atoms with Crippen molar-refractivity contribution in [3.63, 3.8) is 0 Å². The van der Waals surface area contributed by atoms with Crippen molar-refractivity contribution >= 4 is 5.69 Å². The zero-order valence-corrected chi connectivity index (χ0v) is 9.64. The summed E-state index contributed by atoms with van der Waals surface area (Å²) in [6.45, 7) is 1.28. The van der Waals surface area contributed by atoms with Gasteiger partial charge in [0.15, 0.2) is 11.6 Å². The number of nitrogens with zero attached hydrogens (tertiary/aromatic N) is 1. The topological polar surface area (TPSA) is 15.3 Å². The lowest BCUT2D eigenvalue weighted by Crippen LogP contribution is -2.44. The van der Waals surface area contributed by atoms with Crippen LogP contribution in [-0.2, 0) is 0 Å². The fourth-order valence-electron chi connectivity index (χ4n) is 2.19. The number of piperidine rings is 1. The molecule has 1 heterocycles. The maximum Gasteiger partial charge on any atom is 0.161 e. The molecular formula is C12H15F3N2. The van der Waals surface area contributed by atoms with Gasteiger partial charge < -0.3 is 10.2 Å². The summed E-state index contributed by atoms with van der Waals surface area (Å²) in [6.07, 6.45) is 1.92. The van der Waals surface area contributed by atoms with Gasteiger partial charge in [-0.2, -0.15) is 0 Å². The molecule has 5 heteroatoms. The van der Waals surface area contributed by atoms with Crippen molar-refractivity contribution in [1.82, 2.24) is 5.32 Å². The normalized spacial score (nSPS) is 20.7. The van der Waals surface area contributed by atoms with Gasteiger partial charge in [-0.3, -0.25) is 0 Å². The van der Waals surface area contributed by atoms with Crippen molar-refractivity contribution in [2.75, 3.05) is 25.0 Å². The Morgan fingerprint density at radius 1 is 1.18 bits per heavy atom. The predicted octanol–water partition coefficient (Wildman–Crippen LogP) is 2.29. The number of hydrogen-bond donors (Lipinski definition) is 1. The van der Waals surface area contributed by atoms with E-state index in [0.717, 1.165) is 18.9 Å². The second-order valence-corrected chi connectivity index (χ2v) is 4.29. The average Bonchev–Trinajstić information content (AvgIpc) is 2.34. The smallest absolute Gasteiger partial charge is 0.161 e. The quantitative estimate of drug-likeness (QED) is 0.803. The van der Waals surface area contributed by atoms with Gasteiger partial charge in [0, 0.05) is 31.3 Å². The minimum atomic E-state index is -1.14. The number of nitrogens with one attached hydrogen (secondary N) is 1. The fraction of sp³-hybridized carbons (Fsp3) is 0.500. The maximum absolute atomic E-state index is 13.6. The van der Waals surface area contributed by atoms with Crippen LogP contribution in [0.15, 0.2) is 12.1 Å². The van der Waals surface area contributed by atoms with E-state index in [1.807, 2.05) is 7.05 Å². The first kappa shape index (κ1) is 12.2. The molecule has 1 atom stereocenters. The molecule has 1 aliphatic rings. The number of anilines is 1. The van der Waals surface area contributed by atoms with Crippen LogP contribution in [0.2, 0.25) is 0 Å². The molecule has 2 nitrogen and oxygen atoms in total. The van der Waals surface area contributed by atoms with Crippen LogP contribution in [-0.4, -0.2) is 26.2 Å².